The molecule has 142 valence electrons. The molecule has 1 aliphatic rings. The van der Waals surface area contributed by atoms with Crippen molar-refractivity contribution in [2.24, 2.45) is 0 Å². The minimum atomic E-state index is -1.62. The van der Waals surface area contributed by atoms with Gasteiger partial charge in [0, 0.05) is 12.7 Å². The fraction of sp³-hybridized carbons (Fsp3) is 0.333. The molecule has 0 unspecified atom stereocenters. The van der Waals surface area contributed by atoms with Gasteiger partial charge in [-0.15, -0.1) is 0 Å². The number of hydrogen-bond donors (Lipinski definition) is 1. The van der Waals surface area contributed by atoms with Gasteiger partial charge in [0.2, 0.25) is 0 Å². The molecule has 0 aliphatic carbocycles. The molecule has 0 aromatic heterocycles. The largest absolute Gasteiger partial charge is 0.444 e. The fourth-order valence-electron chi connectivity index (χ4n) is 3.16. The predicted molar refractivity (Wildman–Crippen MR) is 102 cm³/mol. The van der Waals surface area contributed by atoms with Gasteiger partial charge >= 0.3 is 6.09 Å². The van der Waals surface area contributed by atoms with Crippen molar-refractivity contribution in [1.29, 1.82) is 0 Å². The second-order valence-corrected chi connectivity index (χ2v) is 7.41. The van der Waals surface area contributed by atoms with Crippen molar-refractivity contribution in [3.8, 4) is 0 Å². The molecule has 1 aliphatic heterocycles. The Morgan fingerprint density at radius 1 is 1.07 bits per heavy atom. The van der Waals surface area contributed by atoms with E-state index < -0.39 is 17.4 Å². The lowest BCUT2D eigenvalue weighted by Gasteiger charge is -2.30. The molecule has 0 saturated heterocycles. The summed E-state index contributed by atoms with van der Waals surface area (Å²) in [4.78, 5) is 27.4. The van der Waals surface area contributed by atoms with Crippen LogP contribution < -0.4 is 10.2 Å². The number of ether oxygens (including phenoxy) is 2. The van der Waals surface area contributed by atoms with Gasteiger partial charge in [-0.25, -0.2) is 4.79 Å². The Balaban J connectivity index is 1.97. The number of para-hydroxylation sites is 1. The molecule has 0 spiro atoms. The molecule has 3 rings (SSSR count). The summed E-state index contributed by atoms with van der Waals surface area (Å²) in [5, 5.41) is 2.65. The topological polar surface area (TPSA) is 67.9 Å². The van der Waals surface area contributed by atoms with Crippen molar-refractivity contribution in [2.75, 3.05) is 12.0 Å². The SMILES string of the molecule is CO[C@@]1(NC(=O)OC(C)(C)C)C(=O)N(Cc2ccccc2)c2ccccc21. The van der Waals surface area contributed by atoms with Gasteiger partial charge in [-0.05, 0) is 32.4 Å². The molecule has 0 bridgehead atoms. The third kappa shape index (κ3) is 3.66. The third-order valence-corrected chi connectivity index (χ3v) is 4.29. The van der Waals surface area contributed by atoms with Crippen LogP contribution in [0.4, 0.5) is 10.5 Å². The lowest BCUT2D eigenvalue weighted by molar-refractivity contribution is -0.144. The maximum atomic E-state index is 13.4. The number of nitrogens with zero attached hydrogens (tertiary/aromatic N) is 1. The zero-order valence-corrected chi connectivity index (χ0v) is 16.0. The Bertz CT molecular complexity index is 845. The van der Waals surface area contributed by atoms with Crippen molar-refractivity contribution < 1.29 is 19.1 Å². The maximum absolute atomic E-state index is 13.4. The number of fused-ring (bicyclic) bond motifs is 1. The van der Waals surface area contributed by atoms with Crippen LogP contribution in [0.15, 0.2) is 54.6 Å². The highest BCUT2D eigenvalue weighted by Gasteiger charge is 2.53. The van der Waals surface area contributed by atoms with Gasteiger partial charge in [0.1, 0.15) is 5.60 Å². The van der Waals surface area contributed by atoms with Crippen molar-refractivity contribution in [1.82, 2.24) is 5.32 Å². The lowest BCUT2D eigenvalue weighted by Crippen LogP contribution is -2.55. The molecule has 6 heteroatoms. The summed E-state index contributed by atoms with van der Waals surface area (Å²) in [7, 11) is 1.40. The van der Waals surface area contributed by atoms with Gasteiger partial charge in [0.15, 0.2) is 0 Å². The summed E-state index contributed by atoms with van der Waals surface area (Å²) < 4.78 is 10.9. The van der Waals surface area contributed by atoms with Crippen LogP contribution >= 0.6 is 0 Å². The van der Waals surface area contributed by atoms with Crippen LogP contribution in [-0.2, 0) is 26.5 Å². The summed E-state index contributed by atoms with van der Waals surface area (Å²) in [6, 6.07) is 16.9. The zero-order chi connectivity index (χ0) is 19.7. The maximum Gasteiger partial charge on any atom is 0.410 e. The minimum absolute atomic E-state index is 0.360. The van der Waals surface area contributed by atoms with Gasteiger partial charge in [0.25, 0.3) is 11.6 Å². The highest BCUT2D eigenvalue weighted by atomic mass is 16.6. The summed E-state index contributed by atoms with van der Waals surface area (Å²) >= 11 is 0. The molecule has 2 aromatic rings. The van der Waals surface area contributed by atoms with Crippen LogP contribution in [0.25, 0.3) is 0 Å². The fourth-order valence-corrected chi connectivity index (χ4v) is 3.16. The normalized spacial score (nSPS) is 19.0. The van der Waals surface area contributed by atoms with Crippen molar-refractivity contribution in [3.05, 3.63) is 65.7 Å². The third-order valence-electron chi connectivity index (χ3n) is 4.29. The first-order valence-electron chi connectivity index (χ1n) is 8.78. The second kappa shape index (κ2) is 7.04. The van der Waals surface area contributed by atoms with Crippen molar-refractivity contribution >= 4 is 17.7 Å². The first-order chi connectivity index (χ1) is 12.8. The first-order valence-corrected chi connectivity index (χ1v) is 8.78. The van der Waals surface area contributed by atoms with Crippen LogP contribution in [0.1, 0.15) is 31.9 Å². The van der Waals surface area contributed by atoms with E-state index >= 15 is 0 Å². The molecule has 0 fully saturated rings. The van der Waals surface area contributed by atoms with Gasteiger partial charge in [-0.3, -0.25) is 10.1 Å². The number of carbonyl (C=O) groups is 2. The van der Waals surface area contributed by atoms with E-state index in [0.717, 1.165) is 5.56 Å². The van der Waals surface area contributed by atoms with E-state index in [1.54, 1.807) is 31.7 Å². The van der Waals surface area contributed by atoms with E-state index in [1.807, 2.05) is 48.5 Å². The van der Waals surface area contributed by atoms with E-state index in [1.165, 1.54) is 7.11 Å². The quantitative estimate of drug-likeness (QED) is 0.838. The number of anilines is 1. The predicted octanol–water partition coefficient (Wildman–Crippen LogP) is 3.56. The number of rotatable bonds is 4. The van der Waals surface area contributed by atoms with E-state index in [2.05, 4.69) is 5.32 Å². The average molecular weight is 368 g/mol. The van der Waals surface area contributed by atoms with Crippen LogP contribution in [0.5, 0.6) is 0 Å². The molecule has 2 amide bonds. The molecule has 1 heterocycles. The molecule has 6 nitrogen and oxygen atoms in total. The number of amides is 2. The van der Waals surface area contributed by atoms with Crippen molar-refractivity contribution in [3.63, 3.8) is 0 Å². The summed E-state index contributed by atoms with van der Waals surface area (Å²) in [5.41, 5.74) is -0.0502. The standard InChI is InChI=1S/C21H24N2O4/c1-20(2,3)27-19(25)22-21(26-4)16-12-8-9-13-17(16)23(18(21)24)14-15-10-6-5-7-11-15/h5-13H,14H2,1-4H3,(H,22,25)/t21-/m1/s1. The Morgan fingerprint density at radius 2 is 1.70 bits per heavy atom. The Morgan fingerprint density at radius 3 is 2.33 bits per heavy atom. The zero-order valence-electron chi connectivity index (χ0n) is 16.0. The number of nitrogens with one attached hydrogen (secondary N) is 1. The molecule has 1 atom stereocenters. The van der Waals surface area contributed by atoms with Crippen LogP contribution in [0.3, 0.4) is 0 Å². The number of methoxy groups -OCH3 is 1. The number of carbonyl (C=O) groups excluding carboxylic acids is 2. The summed E-state index contributed by atoms with van der Waals surface area (Å²) in [6.45, 7) is 5.66. The van der Waals surface area contributed by atoms with Crippen LogP contribution in [0.2, 0.25) is 0 Å². The Hall–Kier alpha value is -2.86. The monoisotopic (exact) mass is 368 g/mol. The van der Waals surface area contributed by atoms with Gasteiger partial charge in [-0.1, -0.05) is 48.5 Å². The highest BCUT2D eigenvalue weighted by molar-refractivity contribution is 6.08. The van der Waals surface area contributed by atoms with Crippen LogP contribution in [0, 0.1) is 0 Å². The second-order valence-electron chi connectivity index (χ2n) is 7.41. The van der Waals surface area contributed by atoms with Gasteiger partial charge < -0.3 is 14.4 Å². The van der Waals surface area contributed by atoms with Crippen LogP contribution in [-0.4, -0.2) is 24.7 Å². The minimum Gasteiger partial charge on any atom is -0.444 e. The van der Waals surface area contributed by atoms with Gasteiger partial charge in [0.05, 0.1) is 12.2 Å². The summed E-state index contributed by atoms with van der Waals surface area (Å²) in [6.07, 6.45) is -0.714. The van der Waals surface area contributed by atoms with E-state index in [-0.39, 0.29) is 5.91 Å². The molecular weight excluding hydrogens is 344 g/mol. The molecule has 27 heavy (non-hydrogen) atoms. The number of benzene rings is 2. The van der Waals surface area contributed by atoms with E-state index in [9.17, 15) is 9.59 Å². The molecule has 2 aromatic carbocycles. The van der Waals surface area contributed by atoms with Crippen molar-refractivity contribution in [2.45, 2.75) is 38.6 Å². The molecular formula is C21H24N2O4. The lowest BCUT2D eigenvalue weighted by atomic mass is 10.0. The molecule has 0 saturated carbocycles. The molecule has 0 radical (unpaired) electrons. The van der Waals surface area contributed by atoms with Gasteiger partial charge in [-0.2, -0.15) is 0 Å². The smallest absolute Gasteiger partial charge is 0.410 e. The Kier molecular flexibility index (Phi) is 4.93. The Labute approximate surface area is 159 Å². The number of hydrogen-bond acceptors (Lipinski definition) is 4. The van der Waals surface area contributed by atoms with E-state index in [0.29, 0.717) is 17.8 Å². The average Bonchev–Trinajstić information content (AvgIpc) is 2.84. The number of alkyl carbamates (subject to hydrolysis) is 1. The van der Waals surface area contributed by atoms with E-state index in [4.69, 9.17) is 9.47 Å². The molecule has 1 N–H and O–H groups in total. The first kappa shape index (κ1) is 18.9. The highest BCUT2D eigenvalue weighted by Crippen LogP contribution is 2.41. The summed E-state index contributed by atoms with van der Waals surface area (Å²) in [5.74, 6) is -0.360.